The Morgan fingerprint density at radius 3 is 2.80 bits per heavy atom. The summed E-state index contributed by atoms with van der Waals surface area (Å²) in [5.41, 5.74) is 0.925. The van der Waals surface area contributed by atoms with Gasteiger partial charge in [-0.2, -0.15) is 0 Å². The molecule has 1 unspecified atom stereocenters. The summed E-state index contributed by atoms with van der Waals surface area (Å²) < 4.78 is 29.9. The molecule has 1 aliphatic rings. The van der Waals surface area contributed by atoms with E-state index in [1.807, 2.05) is 0 Å². The van der Waals surface area contributed by atoms with E-state index in [0.29, 0.717) is 31.1 Å². The third-order valence-corrected chi connectivity index (χ3v) is 3.28. The van der Waals surface area contributed by atoms with Gasteiger partial charge in [0, 0.05) is 12.2 Å². The van der Waals surface area contributed by atoms with Crippen LogP contribution in [-0.2, 0) is 19.6 Å². The molecule has 1 atom stereocenters. The molecule has 0 spiro atoms. The summed E-state index contributed by atoms with van der Waals surface area (Å²) in [4.78, 5) is 12.0. The van der Waals surface area contributed by atoms with Crippen molar-refractivity contribution in [3.05, 3.63) is 24.3 Å². The number of sulfonamides is 1. The highest BCUT2D eigenvalue weighted by atomic mass is 32.2. The number of nitrogens with one attached hydrogen (secondary N) is 3. The van der Waals surface area contributed by atoms with Crippen LogP contribution in [0.15, 0.2) is 24.3 Å². The second-order valence-electron chi connectivity index (χ2n) is 4.53. The van der Waals surface area contributed by atoms with Crippen LogP contribution in [0.25, 0.3) is 0 Å². The maximum Gasteiger partial charge on any atom is 0.243 e. The molecule has 110 valence electrons. The van der Waals surface area contributed by atoms with Crippen molar-refractivity contribution in [1.29, 1.82) is 0 Å². The van der Waals surface area contributed by atoms with Crippen molar-refractivity contribution in [3.8, 4) is 0 Å². The zero-order chi connectivity index (χ0) is 14.6. The molecule has 1 heterocycles. The third kappa shape index (κ3) is 4.48. The smallest absolute Gasteiger partial charge is 0.243 e. The summed E-state index contributed by atoms with van der Waals surface area (Å²) >= 11 is 0. The lowest BCUT2D eigenvalue weighted by Gasteiger charge is -2.23. The number of rotatable bonds is 4. The van der Waals surface area contributed by atoms with E-state index in [0.717, 1.165) is 6.26 Å². The van der Waals surface area contributed by atoms with Crippen LogP contribution in [0.3, 0.4) is 0 Å². The summed E-state index contributed by atoms with van der Waals surface area (Å²) in [6, 6.07) is 6.12. The summed E-state index contributed by atoms with van der Waals surface area (Å²) in [6.45, 7) is 1.55. The van der Waals surface area contributed by atoms with Gasteiger partial charge in [-0.25, -0.2) is 8.42 Å². The predicted octanol–water partition coefficient (Wildman–Crippen LogP) is -0.0150. The molecule has 0 aliphatic carbocycles. The number of hydrogen-bond donors (Lipinski definition) is 3. The Morgan fingerprint density at radius 1 is 1.40 bits per heavy atom. The van der Waals surface area contributed by atoms with Gasteiger partial charge in [0.1, 0.15) is 6.04 Å². The van der Waals surface area contributed by atoms with Gasteiger partial charge in [-0.05, 0) is 18.2 Å². The molecule has 20 heavy (non-hydrogen) atoms. The van der Waals surface area contributed by atoms with Gasteiger partial charge >= 0.3 is 0 Å². The highest BCUT2D eigenvalue weighted by Gasteiger charge is 2.21. The summed E-state index contributed by atoms with van der Waals surface area (Å²) in [5.74, 6) is -0.207. The lowest BCUT2D eigenvalue weighted by atomic mass is 10.2. The van der Waals surface area contributed by atoms with Crippen LogP contribution < -0.4 is 15.4 Å². The molecule has 7 nitrogen and oxygen atoms in total. The van der Waals surface area contributed by atoms with Gasteiger partial charge in [0.15, 0.2) is 0 Å². The quantitative estimate of drug-likeness (QED) is 0.726. The lowest BCUT2D eigenvalue weighted by molar-refractivity contribution is -0.120. The number of carbonyl (C=O) groups is 1. The monoisotopic (exact) mass is 299 g/mol. The number of ether oxygens (including phenoxy) is 1. The standard InChI is InChI=1S/C12H17N3O4S/c1-20(17,18)15-10-4-2-3-9(7-10)14-12(16)11-8-19-6-5-13-11/h2-4,7,11,13,15H,5-6,8H2,1H3,(H,14,16). The van der Waals surface area contributed by atoms with E-state index in [9.17, 15) is 13.2 Å². The lowest BCUT2D eigenvalue weighted by Crippen LogP contribution is -2.48. The molecular weight excluding hydrogens is 282 g/mol. The van der Waals surface area contributed by atoms with Crippen molar-refractivity contribution in [2.45, 2.75) is 6.04 Å². The molecule has 1 amide bonds. The van der Waals surface area contributed by atoms with Crippen LogP contribution in [0.1, 0.15) is 0 Å². The Morgan fingerprint density at radius 2 is 2.15 bits per heavy atom. The minimum absolute atomic E-state index is 0.207. The maximum absolute atomic E-state index is 12.0. The Balaban J connectivity index is 2.02. The zero-order valence-electron chi connectivity index (χ0n) is 11.0. The molecule has 1 aromatic carbocycles. The van der Waals surface area contributed by atoms with Crippen molar-refractivity contribution >= 4 is 27.3 Å². The molecule has 0 saturated carbocycles. The van der Waals surface area contributed by atoms with Gasteiger partial charge in [0.25, 0.3) is 0 Å². The van der Waals surface area contributed by atoms with E-state index in [-0.39, 0.29) is 5.91 Å². The number of carbonyl (C=O) groups excluding carboxylic acids is 1. The summed E-state index contributed by atoms with van der Waals surface area (Å²) in [6.07, 6.45) is 1.07. The molecule has 0 radical (unpaired) electrons. The molecule has 1 aromatic rings. The Kier molecular flexibility index (Phi) is 4.58. The number of benzene rings is 1. The van der Waals surface area contributed by atoms with Gasteiger partial charge in [-0.15, -0.1) is 0 Å². The van der Waals surface area contributed by atoms with Crippen LogP contribution in [-0.4, -0.2) is 46.4 Å². The van der Waals surface area contributed by atoms with E-state index in [2.05, 4.69) is 15.4 Å². The molecular formula is C12H17N3O4S. The fraction of sp³-hybridized carbons (Fsp3) is 0.417. The molecule has 0 aromatic heterocycles. The van der Waals surface area contributed by atoms with E-state index < -0.39 is 16.1 Å². The second kappa shape index (κ2) is 6.21. The van der Waals surface area contributed by atoms with Gasteiger partial charge < -0.3 is 15.4 Å². The van der Waals surface area contributed by atoms with Crippen molar-refractivity contribution in [2.75, 3.05) is 36.1 Å². The molecule has 3 N–H and O–H groups in total. The van der Waals surface area contributed by atoms with E-state index >= 15 is 0 Å². The third-order valence-electron chi connectivity index (χ3n) is 2.67. The predicted molar refractivity (Wildman–Crippen MR) is 76.1 cm³/mol. The zero-order valence-corrected chi connectivity index (χ0v) is 11.9. The van der Waals surface area contributed by atoms with Gasteiger partial charge in [0.05, 0.1) is 25.2 Å². The largest absolute Gasteiger partial charge is 0.378 e. The molecule has 1 aliphatic heterocycles. The highest BCUT2D eigenvalue weighted by molar-refractivity contribution is 7.92. The minimum atomic E-state index is -3.34. The van der Waals surface area contributed by atoms with Gasteiger partial charge in [-0.3, -0.25) is 9.52 Å². The van der Waals surface area contributed by atoms with Crippen molar-refractivity contribution < 1.29 is 17.9 Å². The first-order valence-corrected chi connectivity index (χ1v) is 8.03. The molecule has 2 rings (SSSR count). The van der Waals surface area contributed by atoms with E-state index in [4.69, 9.17) is 4.74 Å². The number of amides is 1. The average Bonchev–Trinajstić information content (AvgIpc) is 2.38. The topological polar surface area (TPSA) is 96.5 Å². The first-order chi connectivity index (χ1) is 9.44. The maximum atomic E-state index is 12.0. The normalized spacial score (nSPS) is 19.4. The second-order valence-corrected chi connectivity index (χ2v) is 6.27. The molecule has 8 heteroatoms. The molecule has 0 bridgehead atoms. The SMILES string of the molecule is CS(=O)(=O)Nc1cccc(NC(=O)C2COCCN2)c1. The first-order valence-electron chi connectivity index (χ1n) is 6.14. The number of morpholine rings is 1. The van der Waals surface area contributed by atoms with Crippen LogP contribution in [0.4, 0.5) is 11.4 Å². The van der Waals surface area contributed by atoms with E-state index in [1.165, 1.54) is 0 Å². The first kappa shape index (κ1) is 14.8. The van der Waals surface area contributed by atoms with Crippen LogP contribution in [0.2, 0.25) is 0 Å². The average molecular weight is 299 g/mol. The van der Waals surface area contributed by atoms with Crippen molar-refractivity contribution in [2.24, 2.45) is 0 Å². The highest BCUT2D eigenvalue weighted by Crippen LogP contribution is 2.16. The number of hydrogen-bond acceptors (Lipinski definition) is 5. The van der Waals surface area contributed by atoms with Crippen molar-refractivity contribution in [3.63, 3.8) is 0 Å². The fourth-order valence-electron chi connectivity index (χ4n) is 1.84. The van der Waals surface area contributed by atoms with Gasteiger partial charge in [-0.1, -0.05) is 6.07 Å². The van der Waals surface area contributed by atoms with Gasteiger partial charge in [0.2, 0.25) is 15.9 Å². The van der Waals surface area contributed by atoms with Crippen LogP contribution >= 0.6 is 0 Å². The van der Waals surface area contributed by atoms with E-state index in [1.54, 1.807) is 24.3 Å². The van der Waals surface area contributed by atoms with Crippen molar-refractivity contribution in [1.82, 2.24) is 5.32 Å². The summed E-state index contributed by atoms with van der Waals surface area (Å²) in [7, 11) is -3.34. The van der Waals surface area contributed by atoms with Crippen LogP contribution in [0, 0.1) is 0 Å². The molecule has 1 fully saturated rings. The minimum Gasteiger partial charge on any atom is -0.378 e. The fourth-order valence-corrected chi connectivity index (χ4v) is 2.39. The Labute approximate surface area is 117 Å². The summed E-state index contributed by atoms with van der Waals surface area (Å²) in [5, 5.41) is 5.76. The Hall–Kier alpha value is -1.64. The molecule has 1 saturated heterocycles. The Bertz CT molecular complexity index is 582. The van der Waals surface area contributed by atoms with Crippen LogP contribution in [0.5, 0.6) is 0 Å². The number of anilines is 2.